The van der Waals surface area contributed by atoms with Gasteiger partial charge in [-0.1, -0.05) is 13.8 Å². The van der Waals surface area contributed by atoms with Crippen LogP contribution >= 0.6 is 0 Å². The van der Waals surface area contributed by atoms with Crippen LogP contribution < -0.4 is 11.1 Å². The van der Waals surface area contributed by atoms with Crippen LogP contribution in [0.3, 0.4) is 0 Å². The third-order valence-corrected chi connectivity index (χ3v) is 2.06. The van der Waals surface area contributed by atoms with Crippen molar-refractivity contribution in [1.82, 2.24) is 10.2 Å². The minimum atomic E-state index is 0.120. The van der Waals surface area contributed by atoms with E-state index in [1.165, 1.54) is 0 Å². The van der Waals surface area contributed by atoms with Crippen molar-refractivity contribution in [3.8, 4) is 0 Å². The molecular formula is C10H23N3O. The van der Waals surface area contributed by atoms with Crippen LogP contribution in [0.2, 0.25) is 0 Å². The Hall–Kier alpha value is -0.610. The molecule has 0 saturated carbocycles. The Morgan fingerprint density at radius 3 is 2.50 bits per heavy atom. The lowest BCUT2D eigenvalue weighted by Crippen LogP contribution is -2.37. The Morgan fingerprint density at radius 2 is 2.00 bits per heavy atom. The van der Waals surface area contributed by atoms with Gasteiger partial charge >= 0.3 is 0 Å². The lowest BCUT2D eigenvalue weighted by molar-refractivity contribution is -0.120. The molecule has 0 aromatic carbocycles. The molecule has 0 bridgehead atoms. The molecule has 4 nitrogen and oxygen atoms in total. The van der Waals surface area contributed by atoms with E-state index in [1.54, 1.807) is 0 Å². The second-order valence-electron chi connectivity index (χ2n) is 3.33. The monoisotopic (exact) mass is 201 g/mol. The largest absolute Gasteiger partial charge is 0.355 e. The molecule has 14 heavy (non-hydrogen) atoms. The Labute approximate surface area is 86.8 Å². The maximum Gasteiger partial charge on any atom is 0.219 e. The molecule has 0 aliphatic carbocycles. The van der Waals surface area contributed by atoms with Gasteiger partial charge in [0.1, 0.15) is 0 Å². The number of hydrogen-bond acceptors (Lipinski definition) is 3. The number of nitrogens with two attached hydrogens (primary N) is 1. The van der Waals surface area contributed by atoms with E-state index in [1.807, 2.05) is 6.92 Å². The predicted molar refractivity (Wildman–Crippen MR) is 59.1 cm³/mol. The lowest BCUT2D eigenvalue weighted by Gasteiger charge is -2.20. The summed E-state index contributed by atoms with van der Waals surface area (Å²) < 4.78 is 0. The molecule has 0 fully saturated rings. The highest BCUT2D eigenvalue weighted by Gasteiger charge is 2.02. The van der Waals surface area contributed by atoms with Crippen molar-refractivity contribution in [2.75, 3.05) is 32.7 Å². The minimum absolute atomic E-state index is 0.120. The van der Waals surface area contributed by atoms with Crippen LogP contribution in [0.4, 0.5) is 0 Å². The van der Waals surface area contributed by atoms with E-state index >= 15 is 0 Å². The van der Waals surface area contributed by atoms with Gasteiger partial charge in [0.25, 0.3) is 0 Å². The normalized spacial score (nSPS) is 10.6. The first-order valence-corrected chi connectivity index (χ1v) is 5.43. The van der Waals surface area contributed by atoms with Gasteiger partial charge in [0, 0.05) is 32.6 Å². The smallest absolute Gasteiger partial charge is 0.219 e. The lowest BCUT2D eigenvalue weighted by atomic mass is 10.3. The van der Waals surface area contributed by atoms with Gasteiger partial charge in [-0.2, -0.15) is 0 Å². The van der Waals surface area contributed by atoms with Gasteiger partial charge in [-0.05, 0) is 13.0 Å². The second kappa shape index (κ2) is 8.97. The zero-order valence-electron chi connectivity index (χ0n) is 9.38. The zero-order valence-corrected chi connectivity index (χ0v) is 9.38. The summed E-state index contributed by atoms with van der Waals surface area (Å²) in [6.45, 7) is 8.29. The molecule has 0 aliphatic heterocycles. The van der Waals surface area contributed by atoms with E-state index in [4.69, 9.17) is 5.73 Å². The number of carbonyl (C=O) groups is 1. The van der Waals surface area contributed by atoms with E-state index < -0.39 is 0 Å². The fourth-order valence-corrected chi connectivity index (χ4v) is 1.31. The third kappa shape index (κ3) is 6.86. The summed E-state index contributed by atoms with van der Waals surface area (Å²) in [5.41, 5.74) is 5.49. The fraction of sp³-hybridized carbons (Fsp3) is 0.900. The second-order valence-corrected chi connectivity index (χ2v) is 3.33. The van der Waals surface area contributed by atoms with Gasteiger partial charge in [-0.15, -0.1) is 0 Å². The summed E-state index contributed by atoms with van der Waals surface area (Å²) in [6, 6.07) is 0. The topological polar surface area (TPSA) is 58.4 Å². The molecule has 0 atom stereocenters. The van der Waals surface area contributed by atoms with E-state index in [0.29, 0.717) is 13.0 Å². The van der Waals surface area contributed by atoms with Gasteiger partial charge < -0.3 is 16.0 Å². The van der Waals surface area contributed by atoms with Crippen molar-refractivity contribution in [2.45, 2.75) is 26.7 Å². The first-order valence-electron chi connectivity index (χ1n) is 5.43. The highest BCUT2D eigenvalue weighted by molar-refractivity contribution is 5.75. The van der Waals surface area contributed by atoms with E-state index in [9.17, 15) is 4.79 Å². The standard InChI is InChI=1S/C10H23N3O/c1-3-7-13(8-5-11)9-6-12-10(14)4-2/h3-9,11H2,1-2H3,(H,12,14). The number of hydrogen-bond donors (Lipinski definition) is 2. The molecule has 0 aromatic rings. The maximum absolute atomic E-state index is 11.0. The summed E-state index contributed by atoms with van der Waals surface area (Å²) in [5.74, 6) is 0.120. The predicted octanol–water partition coefficient (Wildman–Crippen LogP) is 0.183. The SMILES string of the molecule is CCCN(CCN)CCNC(=O)CC. The molecule has 0 aliphatic rings. The van der Waals surface area contributed by atoms with Crippen LogP contribution in [-0.2, 0) is 4.79 Å². The molecule has 3 N–H and O–H groups in total. The first-order chi connectivity index (χ1) is 6.74. The van der Waals surface area contributed by atoms with Crippen molar-refractivity contribution in [1.29, 1.82) is 0 Å². The molecule has 84 valence electrons. The van der Waals surface area contributed by atoms with Crippen molar-refractivity contribution in [3.05, 3.63) is 0 Å². The van der Waals surface area contributed by atoms with Crippen LogP contribution in [-0.4, -0.2) is 43.5 Å². The van der Waals surface area contributed by atoms with Gasteiger partial charge in [0.05, 0.1) is 0 Å². The fourth-order valence-electron chi connectivity index (χ4n) is 1.31. The summed E-state index contributed by atoms with van der Waals surface area (Å²) in [6.07, 6.45) is 1.69. The van der Waals surface area contributed by atoms with Gasteiger partial charge in [-0.25, -0.2) is 0 Å². The van der Waals surface area contributed by atoms with Crippen LogP contribution in [0.5, 0.6) is 0 Å². The zero-order chi connectivity index (χ0) is 10.8. The highest BCUT2D eigenvalue weighted by atomic mass is 16.1. The highest BCUT2D eigenvalue weighted by Crippen LogP contribution is 1.89. The molecule has 0 unspecified atom stereocenters. The number of carbonyl (C=O) groups excluding carboxylic acids is 1. The molecule has 4 heteroatoms. The molecule has 0 spiro atoms. The number of nitrogens with one attached hydrogen (secondary N) is 1. The first kappa shape index (κ1) is 13.4. The molecular weight excluding hydrogens is 178 g/mol. The van der Waals surface area contributed by atoms with Crippen molar-refractivity contribution in [2.24, 2.45) is 5.73 Å². The summed E-state index contributed by atoms with van der Waals surface area (Å²) >= 11 is 0. The van der Waals surface area contributed by atoms with E-state index in [-0.39, 0.29) is 5.91 Å². The number of rotatable bonds is 8. The summed E-state index contributed by atoms with van der Waals surface area (Å²) in [4.78, 5) is 13.2. The molecule has 0 heterocycles. The van der Waals surface area contributed by atoms with Gasteiger partial charge in [0.15, 0.2) is 0 Å². The number of nitrogens with zero attached hydrogens (tertiary/aromatic N) is 1. The van der Waals surface area contributed by atoms with Gasteiger partial charge in [-0.3, -0.25) is 4.79 Å². The molecule has 0 rings (SSSR count). The maximum atomic E-state index is 11.0. The molecule has 0 aromatic heterocycles. The molecule has 0 saturated heterocycles. The Bertz CT molecular complexity index is 144. The summed E-state index contributed by atoms with van der Waals surface area (Å²) in [5, 5.41) is 2.86. The van der Waals surface area contributed by atoms with Crippen molar-refractivity contribution < 1.29 is 4.79 Å². The van der Waals surface area contributed by atoms with Gasteiger partial charge in [0.2, 0.25) is 5.91 Å². The van der Waals surface area contributed by atoms with Crippen LogP contribution in [0.25, 0.3) is 0 Å². The van der Waals surface area contributed by atoms with Crippen LogP contribution in [0, 0.1) is 0 Å². The number of amides is 1. The molecule has 0 radical (unpaired) electrons. The summed E-state index contributed by atoms with van der Waals surface area (Å²) in [7, 11) is 0. The average molecular weight is 201 g/mol. The van der Waals surface area contributed by atoms with E-state index in [2.05, 4.69) is 17.1 Å². The Balaban J connectivity index is 3.54. The van der Waals surface area contributed by atoms with E-state index in [0.717, 1.165) is 32.6 Å². The van der Waals surface area contributed by atoms with Crippen molar-refractivity contribution >= 4 is 5.91 Å². The minimum Gasteiger partial charge on any atom is -0.355 e. The average Bonchev–Trinajstić information content (AvgIpc) is 2.18. The van der Waals surface area contributed by atoms with Crippen molar-refractivity contribution in [3.63, 3.8) is 0 Å². The molecule has 1 amide bonds. The van der Waals surface area contributed by atoms with Crippen LogP contribution in [0.15, 0.2) is 0 Å². The quantitative estimate of drug-likeness (QED) is 0.589. The Morgan fingerprint density at radius 1 is 1.29 bits per heavy atom. The third-order valence-electron chi connectivity index (χ3n) is 2.06. The Kier molecular flexibility index (Phi) is 8.57. The van der Waals surface area contributed by atoms with Crippen LogP contribution in [0.1, 0.15) is 26.7 Å².